The first kappa shape index (κ1) is 31.0. The highest BCUT2D eigenvalue weighted by atomic mass is 32.5. The topological polar surface area (TPSA) is 249 Å². The number of aromatic nitrogens is 4. The van der Waals surface area contributed by atoms with E-state index in [-0.39, 0.29) is 23.5 Å². The highest BCUT2D eigenvalue weighted by Crippen LogP contribution is 2.80. The summed E-state index contributed by atoms with van der Waals surface area (Å²) >= 11 is 4.93. The predicted molar refractivity (Wildman–Crippen MR) is 135 cm³/mol. The average Bonchev–Trinajstić information content (AvgIpc) is 3.39. The molecular formula is C17H24N5O14P3S. The van der Waals surface area contributed by atoms with Crippen LogP contribution < -0.4 is 10.9 Å². The van der Waals surface area contributed by atoms with Crippen molar-refractivity contribution in [2.45, 2.75) is 38.7 Å². The largest absolute Gasteiger partial charge is 0.488 e. The van der Waals surface area contributed by atoms with Gasteiger partial charge in [0.25, 0.3) is 5.56 Å². The molecule has 4 heterocycles. The average molecular weight is 647 g/mol. The van der Waals surface area contributed by atoms with E-state index in [1.165, 1.54) is 18.0 Å². The minimum atomic E-state index is -5.09. The Bertz CT molecular complexity index is 1480. The molecule has 0 spiro atoms. The van der Waals surface area contributed by atoms with E-state index in [4.69, 9.17) is 30.5 Å². The Hall–Kier alpha value is -1.92. The summed E-state index contributed by atoms with van der Waals surface area (Å²) in [7, 11) is -8.90. The molecule has 0 saturated carbocycles. The van der Waals surface area contributed by atoms with Crippen molar-refractivity contribution in [3.05, 3.63) is 16.7 Å². The maximum absolute atomic E-state index is 12.5. The fourth-order valence-corrected chi connectivity index (χ4v) is 10.2. The molecule has 23 heteroatoms. The number of amides is 1. The van der Waals surface area contributed by atoms with Crippen molar-refractivity contribution in [1.82, 2.24) is 19.5 Å². The van der Waals surface area contributed by atoms with Crippen LogP contribution >= 0.6 is 22.4 Å². The molecule has 2 saturated heterocycles. The molecule has 0 radical (unpaired) electrons. The number of phosphoric acid groups is 2. The molecule has 2 unspecified atom stereocenters. The van der Waals surface area contributed by atoms with Gasteiger partial charge in [0.1, 0.15) is 25.0 Å². The van der Waals surface area contributed by atoms with Crippen LogP contribution in [0.1, 0.15) is 26.5 Å². The first-order valence-electron chi connectivity index (χ1n) is 11.3. The van der Waals surface area contributed by atoms with E-state index in [2.05, 4.69) is 33.2 Å². The van der Waals surface area contributed by atoms with Crippen LogP contribution in [0.15, 0.2) is 11.1 Å². The lowest BCUT2D eigenvalue weighted by Crippen LogP contribution is -2.32. The fourth-order valence-electron chi connectivity index (χ4n) is 3.56. The molecule has 2 aromatic rings. The second-order valence-corrected chi connectivity index (χ2v) is 15.0. The molecule has 2 aliphatic heterocycles. The zero-order chi connectivity index (χ0) is 29.5. The van der Waals surface area contributed by atoms with Gasteiger partial charge in [0.2, 0.25) is 11.9 Å². The molecule has 40 heavy (non-hydrogen) atoms. The van der Waals surface area contributed by atoms with Gasteiger partial charge in [0, 0.05) is 19.4 Å². The van der Waals surface area contributed by atoms with E-state index in [1.807, 2.05) is 0 Å². The van der Waals surface area contributed by atoms with Gasteiger partial charge in [-0.1, -0.05) is 13.8 Å². The van der Waals surface area contributed by atoms with Crippen molar-refractivity contribution in [1.29, 1.82) is 0 Å². The van der Waals surface area contributed by atoms with Gasteiger partial charge in [-0.2, -0.15) is 9.29 Å². The molecule has 0 aromatic carbocycles. The molecule has 4 rings (SSSR count). The number of nitrogens with zero attached hydrogens (tertiary/aromatic N) is 3. The summed E-state index contributed by atoms with van der Waals surface area (Å²) in [6.07, 6.45) is -1.94. The number of anilines is 1. The molecule has 19 nitrogen and oxygen atoms in total. The van der Waals surface area contributed by atoms with Crippen molar-refractivity contribution in [2.24, 2.45) is 5.92 Å². The van der Waals surface area contributed by atoms with Crippen LogP contribution in [0, 0.1) is 5.92 Å². The molecule has 2 fully saturated rings. The van der Waals surface area contributed by atoms with Crippen molar-refractivity contribution >= 4 is 63.2 Å². The van der Waals surface area contributed by atoms with Crippen molar-refractivity contribution in [3.63, 3.8) is 0 Å². The molecule has 222 valence electrons. The van der Waals surface area contributed by atoms with Crippen LogP contribution in [0.3, 0.4) is 0 Å². The van der Waals surface area contributed by atoms with E-state index < -0.39 is 77.4 Å². The summed E-state index contributed by atoms with van der Waals surface area (Å²) < 4.78 is 59.6. The highest BCUT2D eigenvalue weighted by Gasteiger charge is 2.52. The molecule has 5 atom stereocenters. The Kier molecular flexibility index (Phi) is 9.12. The Morgan fingerprint density at radius 3 is 2.58 bits per heavy atom. The summed E-state index contributed by atoms with van der Waals surface area (Å²) in [6.45, 7) is -2.01. The van der Waals surface area contributed by atoms with Gasteiger partial charge in [-0.05, 0) is 11.8 Å². The van der Waals surface area contributed by atoms with Crippen molar-refractivity contribution in [2.75, 3.05) is 25.6 Å². The number of hydrogen-bond donors (Lipinski definition) is 4. The highest BCUT2D eigenvalue weighted by molar-refractivity contribution is 8.11. The zero-order valence-corrected chi connectivity index (χ0v) is 24.4. The van der Waals surface area contributed by atoms with Crippen molar-refractivity contribution in [3.8, 4) is 0 Å². The Labute approximate surface area is 229 Å². The SMILES string of the molecule is COCC(=O)O[C@H]1C[C@H](n2cnc3c(=O)[nH]c(NC(=O)C(C)C)nc32)O[C@@H]1COP1(=S)OP(=O)(O)OP(=O)(O)O1. The second-order valence-electron chi connectivity index (χ2n) is 8.63. The number of H-pyrrole nitrogens is 1. The number of imidazole rings is 1. The Balaban J connectivity index is 1.59. The lowest BCUT2D eigenvalue weighted by molar-refractivity contribution is -0.157. The number of methoxy groups -OCH3 is 1. The third kappa shape index (κ3) is 7.28. The summed E-state index contributed by atoms with van der Waals surface area (Å²) in [5.41, 5.74) is -0.685. The molecule has 1 amide bonds. The number of hydrogen-bond acceptors (Lipinski definition) is 15. The van der Waals surface area contributed by atoms with Gasteiger partial charge in [-0.15, -0.1) is 0 Å². The molecule has 0 aliphatic carbocycles. The molecule has 4 N–H and O–H groups in total. The van der Waals surface area contributed by atoms with Crippen LogP contribution in [0.4, 0.5) is 5.95 Å². The number of nitrogens with one attached hydrogen (secondary N) is 2. The number of ether oxygens (including phenoxy) is 3. The third-order valence-corrected chi connectivity index (χ3v) is 12.1. The fraction of sp³-hybridized carbons (Fsp3) is 0.588. The summed E-state index contributed by atoms with van der Waals surface area (Å²) in [4.78, 5) is 66.6. The van der Waals surface area contributed by atoms with E-state index >= 15 is 0 Å². The van der Waals surface area contributed by atoms with E-state index in [0.717, 1.165) is 0 Å². The maximum Gasteiger partial charge on any atom is 0.488 e. The van der Waals surface area contributed by atoms with E-state index in [0.29, 0.717) is 0 Å². The normalized spacial score (nSPS) is 32.4. The van der Waals surface area contributed by atoms with Crippen LogP contribution in [-0.2, 0) is 62.2 Å². The van der Waals surface area contributed by atoms with Gasteiger partial charge < -0.3 is 28.5 Å². The maximum atomic E-state index is 12.5. The molecule has 2 aromatic heterocycles. The van der Waals surface area contributed by atoms with E-state index in [9.17, 15) is 33.3 Å². The smallest absolute Gasteiger partial charge is 0.458 e. The van der Waals surface area contributed by atoms with Gasteiger partial charge >= 0.3 is 28.3 Å². The standard InChI is InChI=1S/C17H24N5O14P3S/c1-8(2)15(24)20-17-19-14-13(16(25)21-17)18-7-22(14)11-4-9(33-12(23)6-30-3)10(32-11)5-31-39(40)35-37(26,27)34-38(28,29)36-39/h7-11H,4-6H2,1-3H3,(H,26,27)(H,28,29)(H2,19,20,21,24,25)/t9-,10+,11+/m0/s1. The summed E-state index contributed by atoms with van der Waals surface area (Å²) in [6, 6.07) is 0. The van der Waals surface area contributed by atoms with E-state index in [1.54, 1.807) is 13.8 Å². The lowest BCUT2D eigenvalue weighted by atomic mass is 10.2. The number of esters is 1. The van der Waals surface area contributed by atoms with Gasteiger partial charge in [0.05, 0.1) is 12.9 Å². The first-order chi connectivity index (χ1) is 18.6. The second kappa shape index (κ2) is 11.8. The first-order valence-corrected chi connectivity index (χ1v) is 16.8. The number of carbonyl (C=O) groups is 2. The minimum Gasteiger partial charge on any atom is -0.458 e. The van der Waals surface area contributed by atoms with Gasteiger partial charge in [0.15, 0.2) is 11.2 Å². The molecular weight excluding hydrogens is 623 g/mol. The Morgan fingerprint density at radius 1 is 1.27 bits per heavy atom. The number of fused-ring (bicyclic) bond motifs is 1. The number of carbonyl (C=O) groups excluding carboxylic acids is 2. The minimum absolute atomic E-state index is 0.0297. The van der Waals surface area contributed by atoms with Crippen LogP contribution in [0.25, 0.3) is 11.2 Å². The quantitative estimate of drug-likeness (QED) is 0.219. The van der Waals surface area contributed by atoms with Crippen LogP contribution in [-0.4, -0.2) is 73.7 Å². The summed E-state index contributed by atoms with van der Waals surface area (Å²) in [5.74, 6) is -1.70. The number of aromatic amines is 1. The molecule has 0 bridgehead atoms. The lowest BCUT2D eigenvalue weighted by Gasteiger charge is -2.30. The van der Waals surface area contributed by atoms with Gasteiger partial charge in [-0.25, -0.2) is 27.5 Å². The van der Waals surface area contributed by atoms with Gasteiger partial charge in [-0.3, -0.25) is 24.5 Å². The monoisotopic (exact) mass is 647 g/mol. The number of rotatable bonds is 9. The predicted octanol–water partition coefficient (Wildman–Crippen LogP) is 1.07. The zero-order valence-electron chi connectivity index (χ0n) is 20.9. The third-order valence-electron chi connectivity index (χ3n) is 5.24. The van der Waals surface area contributed by atoms with Crippen LogP contribution in [0.5, 0.6) is 0 Å². The molecule has 2 aliphatic rings. The Morgan fingerprint density at radius 2 is 1.95 bits per heavy atom. The van der Waals surface area contributed by atoms with Crippen LogP contribution in [0.2, 0.25) is 0 Å². The summed E-state index contributed by atoms with van der Waals surface area (Å²) in [5, 5.41) is 2.49. The van der Waals surface area contributed by atoms with Crippen molar-refractivity contribution < 1.29 is 60.2 Å².